The Kier molecular flexibility index (Phi) is 40.0. The summed E-state index contributed by atoms with van der Waals surface area (Å²) in [5.41, 5.74) is 0. The monoisotopic (exact) mass is 1510 g/mol. The molecule has 25 N–H and O–H groups in total. The van der Waals surface area contributed by atoms with E-state index in [1.54, 1.807) is 0 Å². The molecule has 0 amide bonds. The molecule has 0 bridgehead atoms. The summed E-state index contributed by atoms with van der Waals surface area (Å²) < 4.78 is 145. The highest BCUT2D eigenvalue weighted by Crippen LogP contribution is 2.30. The Hall–Kier alpha value is -0.120. The van der Waals surface area contributed by atoms with Crippen molar-refractivity contribution in [2.75, 3.05) is 92.3 Å². The summed E-state index contributed by atoms with van der Waals surface area (Å²) in [4.78, 5) is 0. The number of aliphatic hydroxyl groups excluding tert-OH is 25. The van der Waals surface area contributed by atoms with Crippen molar-refractivity contribution in [2.24, 2.45) is 0 Å². The van der Waals surface area contributed by atoms with E-state index in [1.807, 2.05) is 0 Å². The van der Waals surface area contributed by atoms with Gasteiger partial charge in [0.25, 0.3) is 0 Å². The van der Waals surface area contributed by atoms with Gasteiger partial charge in [-0.15, -0.1) is 0 Å². The molecular formula is C43H86O41S8. The molecule has 4 saturated heterocycles. The largest absolute Gasteiger partial charge is 0.726 e. The Bertz CT molecular complexity index is 2370. The Balaban J connectivity index is 0.000000614. The van der Waals surface area contributed by atoms with E-state index < -0.39 is 287 Å². The van der Waals surface area contributed by atoms with Crippen molar-refractivity contribution in [1.82, 2.24) is 0 Å². The van der Waals surface area contributed by atoms with Gasteiger partial charge < -0.3 is 146 Å². The van der Waals surface area contributed by atoms with E-state index in [0.29, 0.717) is 0 Å². The first-order valence-electron chi connectivity index (χ1n) is 27.0. The van der Waals surface area contributed by atoms with Crippen LogP contribution in [0, 0.1) is 0 Å². The summed E-state index contributed by atoms with van der Waals surface area (Å²) >= 11 is 0. The number of aliphatic hydroxyl groups is 25. The van der Waals surface area contributed by atoms with Crippen LogP contribution in [0.2, 0.25) is 0 Å². The van der Waals surface area contributed by atoms with Crippen LogP contribution in [0.5, 0.6) is 0 Å². The lowest BCUT2D eigenvalue weighted by atomic mass is 10.0. The molecule has 4 fully saturated rings. The van der Waals surface area contributed by atoms with Gasteiger partial charge in [0.1, 0.15) is 174 Å². The van der Waals surface area contributed by atoms with Crippen molar-refractivity contribution in [3.63, 3.8) is 0 Å². The Morgan fingerprint density at radius 2 is 0.533 bits per heavy atom. The molecule has 4 unspecified atom stereocenters. The average Bonchev–Trinajstić information content (AvgIpc) is 1.80. The number of rotatable bonds is 34. The molecule has 0 aliphatic carbocycles. The van der Waals surface area contributed by atoms with Gasteiger partial charge in [0, 0.05) is 43.6 Å². The van der Waals surface area contributed by atoms with E-state index in [-0.39, 0.29) is 52.4 Å². The van der Waals surface area contributed by atoms with Crippen LogP contribution < -0.4 is 0 Å². The van der Waals surface area contributed by atoms with Gasteiger partial charge in [-0.1, -0.05) is 6.92 Å². The number of hydrogen-bond acceptors (Lipinski definition) is 41. The minimum atomic E-state index is -5.34. The van der Waals surface area contributed by atoms with Gasteiger partial charge in [-0.05, 0) is 6.42 Å². The zero-order chi connectivity index (χ0) is 71.5. The minimum Gasteiger partial charge on any atom is -0.726 e. The SMILES string of the molecule is CC[C@@H](O)[C@H](OS(=O)(=O)[O-])[C@H](O)C[S+]1C[C@@H](O)[C@H](O)[C@H]1CO.O=S(=O)([O-])O[C@@H]([C@H](O)C[S+]1C[C@@H](O)[C@H](O)[C@H]1CO)[C@@H](O)CO.O=S(=O)([O-])O[C@@H]([C@H](O)[C@@H](O)CO)[C@H](O)C[S+]1C[C@@H](O)[C@H](O)[C@H]1CO.O=S(=O)([O-])O[C@H]([C@H](O)[C@@H](O)CO)[C@H](O)C[S+]1C[C@@H](O)[C@H](O)[C@H]1CO. The van der Waals surface area contributed by atoms with E-state index in [2.05, 4.69) is 16.7 Å². The summed E-state index contributed by atoms with van der Waals surface area (Å²) in [5.74, 6) is -0.743. The fraction of sp³-hybridized carbons (Fsp3) is 1.00. The summed E-state index contributed by atoms with van der Waals surface area (Å²) in [6.07, 6.45) is -34.6. The molecule has 0 radical (unpaired) electrons. The van der Waals surface area contributed by atoms with Crippen LogP contribution in [-0.4, -0.2) is 427 Å². The van der Waals surface area contributed by atoms with Crippen LogP contribution in [0.25, 0.3) is 0 Å². The first kappa shape index (κ1) is 89.9. The zero-order valence-corrected chi connectivity index (χ0v) is 54.8. The molecule has 0 spiro atoms. The zero-order valence-electron chi connectivity index (χ0n) is 48.3. The highest BCUT2D eigenvalue weighted by atomic mass is 32.3. The first-order chi connectivity index (χ1) is 42.2. The predicted octanol–water partition coefficient (Wildman–Crippen LogP) is -18.8. The standard InChI is InChI=1S/2C11H22O11S2.C11H22O9S2.C10H20O10S2/c2*12-1-5(14)10(18)11(22-24(19,20)21)7(16)4-23-3-6(15)9(17)8(23)2-13;1-2-6(13)11(20-22(17,18)19)8(15)5-21-4-7(14)10(16)9(21)3-12;11-1-5(13)10(20-22(17,18)19)7(15)4-21-3-6(14)9(16)8(21)2-12/h2*5-18H,1-4H2;6-16H,2-5H2,1H3;5-16H,1-4H2/t5-,6+,7+,8+,9-,10+,11+,23?;5-,6+,7+,8+,9-,10+,11-,23?;6-,7-,8-,9-,10+,11+,21?;5-,6+,7+,8+,9-,10+,21?/m0010/s1. The van der Waals surface area contributed by atoms with Crippen molar-refractivity contribution in [3.8, 4) is 0 Å². The van der Waals surface area contributed by atoms with E-state index in [4.69, 9.17) is 15.3 Å². The van der Waals surface area contributed by atoms with Crippen LogP contribution in [0.3, 0.4) is 0 Å². The molecule has 0 aromatic carbocycles. The van der Waals surface area contributed by atoms with E-state index in [1.165, 1.54) is 6.92 Å². The van der Waals surface area contributed by atoms with E-state index in [9.17, 15) is 164 Å². The maximum atomic E-state index is 10.8. The molecule has 49 heteroatoms. The van der Waals surface area contributed by atoms with Gasteiger partial charge in [-0.2, -0.15) is 0 Å². The molecule has 0 saturated carbocycles. The van der Waals surface area contributed by atoms with Crippen molar-refractivity contribution in [2.45, 2.75) is 169 Å². The molecule has 92 heavy (non-hydrogen) atoms. The second kappa shape index (κ2) is 41.0. The third kappa shape index (κ3) is 29.2. The third-order valence-electron chi connectivity index (χ3n) is 14.2. The molecule has 4 heterocycles. The molecule has 4 aliphatic heterocycles. The summed E-state index contributed by atoms with van der Waals surface area (Å²) in [6.45, 7) is -3.24. The van der Waals surface area contributed by atoms with Crippen LogP contribution in [0.4, 0.5) is 0 Å². The lowest BCUT2D eigenvalue weighted by molar-refractivity contribution is -0.100. The summed E-state index contributed by atoms with van der Waals surface area (Å²) in [7, 11) is -24.7. The smallest absolute Gasteiger partial charge is 0.218 e. The van der Waals surface area contributed by atoms with E-state index in [0.717, 1.165) is 0 Å². The van der Waals surface area contributed by atoms with Gasteiger partial charge in [0.15, 0.2) is 21.0 Å². The fourth-order valence-electron chi connectivity index (χ4n) is 9.42. The fourth-order valence-corrected chi connectivity index (χ4v) is 22.2. The molecule has 0 aromatic rings. The van der Waals surface area contributed by atoms with Gasteiger partial charge in [0.05, 0.1) is 52.4 Å². The van der Waals surface area contributed by atoms with Crippen LogP contribution in [0.15, 0.2) is 0 Å². The third-order valence-corrected chi connectivity index (χ3v) is 27.4. The first-order valence-corrected chi connectivity index (χ1v) is 38.8. The normalized spacial score (nSPS) is 33.4. The average molecular weight is 1520 g/mol. The van der Waals surface area contributed by atoms with Gasteiger partial charge >= 0.3 is 0 Å². The molecular weight excluding hydrogens is 1430 g/mol. The predicted molar refractivity (Wildman–Crippen MR) is 310 cm³/mol. The lowest BCUT2D eigenvalue weighted by Crippen LogP contribution is -2.51. The van der Waals surface area contributed by atoms with Crippen LogP contribution in [-0.2, 0) is 102 Å². The van der Waals surface area contributed by atoms with Crippen molar-refractivity contribution < 1.29 is 196 Å². The summed E-state index contributed by atoms with van der Waals surface area (Å²) in [6, 6.07) is 0. The quantitative estimate of drug-likeness (QED) is 0.0162. The minimum absolute atomic E-state index is 0.0128. The highest BCUT2D eigenvalue weighted by Gasteiger charge is 2.55. The molecule has 41 nitrogen and oxygen atoms in total. The van der Waals surface area contributed by atoms with Gasteiger partial charge in [-0.25, -0.2) is 33.7 Å². The van der Waals surface area contributed by atoms with Gasteiger partial charge in [-0.3, -0.25) is 16.7 Å². The van der Waals surface area contributed by atoms with Crippen molar-refractivity contribution >= 4 is 85.2 Å². The lowest BCUT2D eigenvalue weighted by Gasteiger charge is -2.30. The Morgan fingerprint density at radius 1 is 0.337 bits per heavy atom. The Labute approximate surface area is 539 Å². The highest BCUT2D eigenvalue weighted by molar-refractivity contribution is 7.98. The molecule has 4 rings (SSSR count). The van der Waals surface area contributed by atoms with Crippen LogP contribution in [0.1, 0.15) is 13.3 Å². The molecule has 4 aliphatic rings. The van der Waals surface area contributed by atoms with Crippen molar-refractivity contribution in [3.05, 3.63) is 0 Å². The number of hydrogen-bond donors (Lipinski definition) is 25. The van der Waals surface area contributed by atoms with Crippen molar-refractivity contribution in [1.29, 1.82) is 0 Å². The molecule has 0 aromatic heterocycles. The second-order valence-electron chi connectivity index (χ2n) is 21.0. The Morgan fingerprint density at radius 3 is 0.717 bits per heavy atom. The molecule has 552 valence electrons. The maximum Gasteiger partial charge on any atom is 0.218 e. The maximum absolute atomic E-state index is 10.8. The molecule has 30 atom stereocenters. The second-order valence-corrected chi connectivity index (χ2v) is 34.4. The van der Waals surface area contributed by atoms with Crippen LogP contribution >= 0.6 is 0 Å². The summed E-state index contributed by atoms with van der Waals surface area (Å²) in [5, 5.41) is 235. The van der Waals surface area contributed by atoms with E-state index >= 15 is 0 Å². The van der Waals surface area contributed by atoms with Gasteiger partial charge in [0.2, 0.25) is 41.6 Å². The topological polar surface area (TPSA) is 771 Å².